The molecular formula is C22H26N4O4S. The Balaban J connectivity index is 1.57. The summed E-state index contributed by atoms with van der Waals surface area (Å²) in [5, 5.41) is 7.34. The van der Waals surface area contributed by atoms with E-state index >= 15 is 0 Å². The van der Waals surface area contributed by atoms with E-state index in [-0.39, 0.29) is 12.5 Å². The van der Waals surface area contributed by atoms with E-state index in [4.69, 9.17) is 9.26 Å². The number of nitrogens with zero attached hydrogens (tertiary/aromatic N) is 3. The molecule has 0 aromatic carbocycles. The van der Waals surface area contributed by atoms with E-state index in [9.17, 15) is 9.59 Å². The first-order chi connectivity index (χ1) is 14.7. The summed E-state index contributed by atoms with van der Waals surface area (Å²) in [6, 6.07) is 3.65. The number of ether oxygens (including phenoxy) is 1. The fraction of sp³-hybridized carbons (Fsp3) is 0.409. The Labute approximate surface area is 185 Å². The number of amides is 1. The number of pyridine rings is 1. The van der Waals surface area contributed by atoms with Gasteiger partial charge in [-0.05, 0) is 38.0 Å². The number of nitrogens with one attached hydrogen (secondary N) is 1. The van der Waals surface area contributed by atoms with Gasteiger partial charge in [0.1, 0.15) is 5.00 Å². The third-order valence-corrected chi connectivity index (χ3v) is 5.78. The van der Waals surface area contributed by atoms with Crippen molar-refractivity contribution in [2.24, 2.45) is 5.41 Å². The van der Waals surface area contributed by atoms with Crippen LogP contribution in [0.25, 0.3) is 11.4 Å². The van der Waals surface area contributed by atoms with Crippen LogP contribution in [0.2, 0.25) is 0 Å². The Bertz CT molecular complexity index is 1070. The molecule has 8 nitrogen and oxygen atoms in total. The topological polar surface area (TPSA) is 107 Å². The average Bonchev–Trinajstić information content (AvgIpc) is 3.30. The average molecular weight is 443 g/mol. The lowest BCUT2D eigenvalue weighted by Crippen LogP contribution is -2.28. The zero-order valence-corrected chi connectivity index (χ0v) is 19.1. The molecule has 1 N–H and O–H groups in total. The molecule has 31 heavy (non-hydrogen) atoms. The van der Waals surface area contributed by atoms with Gasteiger partial charge in [0.15, 0.2) is 0 Å². The number of hydrogen-bond donors (Lipinski definition) is 1. The van der Waals surface area contributed by atoms with Crippen LogP contribution in [-0.2, 0) is 16.0 Å². The smallest absolute Gasteiger partial charge is 0.341 e. The number of esters is 1. The molecule has 0 atom stereocenters. The highest BCUT2D eigenvalue weighted by Crippen LogP contribution is 2.34. The summed E-state index contributed by atoms with van der Waals surface area (Å²) in [5.74, 6) is 0.343. The lowest BCUT2D eigenvalue weighted by atomic mass is 9.96. The summed E-state index contributed by atoms with van der Waals surface area (Å²) in [6.07, 6.45) is 4.36. The molecule has 1 amide bonds. The number of aromatic nitrogens is 3. The summed E-state index contributed by atoms with van der Waals surface area (Å²) < 4.78 is 10.7. The van der Waals surface area contributed by atoms with Crippen molar-refractivity contribution in [1.29, 1.82) is 0 Å². The van der Waals surface area contributed by atoms with Crippen molar-refractivity contribution in [2.45, 2.75) is 47.5 Å². The standard InChI is InChI=1S/C22H26N4O4S/c1-13-14(2)31-19(25-21(28)22(3,4)5)17(13)20(27)29-11-7-9-16-24-18(26-30-16)15-8-6-10-23-12-15/h6,8,10,12H,7,9,11H2,1-5H3,(H,25,28). The van der Waals surface area contributed by atoms with Gasteiger partial charge in [-0.2, -0.15) is 4.98 Å². The van der Waals surface area contributed by atoms with Crippen LogP contribution in [0.5, 0.6) is 0 Å². The minimum Gasteiger partial charge on any atom is -0.462 e. The maximum absolute atomic E-state index is 12.7. The number of rotatable bonds is 7. The monoisotopic (exact) mass is 442 g/mol. The van der Waals surface area contributed by atoms with Gasteiger partial charge in [-0.1, -0.05) is 25.9 Å². The highest BCUT2D eigenvalue weighted by molar-refractivity contribution is 7.16. The molecule has 0 aliphatic heterocycles. The molecule has 0 bridgehead atoms. The molecule has 3 aromatic rings. The van der Waals surface area contributed by atoms with Crippen LogP contribution in [0.15, 0.2) is 29.0 Å². The minimum atomic E-state index is -0.564. The second kappa shape index (κ2) is 9.38. The summed E-state index contributed by atoms with van der Waals surface area (Å²) >= 11 is 1.38. The number of aryl methyl sites for hydroxylation is 2. The molecule has 9 heteroatoms. The van der Waals surface area contributed by atoms with E-state index in [0.717, 1.165) is 16.0 Å². The van der Waals surface area contributed by atoms with E-state index in [1.165, 1.54) is 11.3 Å². The van der Waals surface area contributed by atoms with E-state index in [0.29, 0.717) is 35.1 Å². The molecule has 0 aliphatic carbocycles. The zero-order valence-electron chi connectivity index (χ0n) is 18.3. The molecule has 3 aromatic heterocycles. The van der Waals surface area contributed by atoms with Crippen LogP contribution in [0.1, 0.15) is 53.9 Å². The van der Waals surface area contributed by atoms with E-state index in [1.807, 2.05) is 40.7 Å². The summed E-state index contributed by atoms with van der Waals surface area (Å²) in [4.78, 5) is 34.4. The van der Waals surface area contributed by atoms with Crippen LogP contribution in [0, 0.1) is 19.3 Å². The van der Waals surface area contributed by atoms with Gasteiger partial charge in [0, 0.05) is 34.7 Å². The Kier molecular flexibility index (Phi) is 6.84. The number of carbonyl (C=O) groups excluding carboxylic acids is 2. The summed E-state index contributed by atoms with van der Waals surface area (Å²) in [5.41, 5.74) is 1.44. The van der Waals surface area contributed by atoms with Crippen molar-refractivity contribution in [3.8, 4) is 11.4 Å². The quantitative estimate of drug-likeness (QED) is 0.421. The third kappa shape index (κ3) is 5.55. The Hall–Kier alpha value is -3.07. The second-order valence-corrected chi connectivity index (χ2v) is 9.41. The van der Waals surface area contributed by atoms with Crippen LogP contribution < -0.4 is 5.32 Å². The molecule has 3 heterocycles. The molecule has 0 saturated carbocycles. The Morgan fingerprint density at radius 3 is 2.71 bits per heavy atom. The molecule has 0 fully saturated rings. The van der Waals surface area contributed by atoms with Gasteiger partial charge in [0.2, 0.25) is 17.6 Å². The number of hydrogen-bond acceptors (Lipinski definition) is 8. The summed E-state index contributed by atoms with van der Waals surface area (Å²) in [6.45, 7) is 9.44. The zero-order chi connectivity index (χ0) is 22.6. The van der Waals surface area contributed by atoms with Crippen LogP contribution in [0.4, 0.5) is 5.00 Å². The fourth-order valence-electron chi connectivity index (χ4n) is 2.68. The first-order valence-corrected chi connectivity index (χ1v) is 10.8. The fourth-order valence-corrected chi connectivity index (χ4v) is 3.72. The largest absolute Gasteiger partial charge is 0.462 e. The van der Waals surface area contributed by atoms with Crippen LogP contribution in [-0.4, -0.2) is 33.6 Å². The number of anilines is 1. The normalized spacial score (nSPS) is 11.4. The van der Waals surface area contributed by atoms with Crippen molar-refractivity contribution in [1.82, 2.24) is 15.1 Å². The maximum atomic E-state index is 12.7. The third-order valence-electron chi connectivity index (χ3n) is 4.65. The van der Waals surface area contributed by atoms with Crippen molar-refractivity contribution in [3.63, 3.8) is 0 Å². The van der Waals surface area contributed by atoms with Gasteiger partial charge < -0.3 is 14.6 Å². The van der Waals surface area contributed by atoms with Crippen molar-refractivity contribution < 1.29 is 18.8 Å². The molecule has 0 unspecified atom stereocenters. The van der Waals surface area contributed by atoms with Gasteiger partial charge in [0.05, 0.1) is 12.2 Å². The molecule has 0 saturated heterocycles. The van der Waals surface area contributed by atoms with Crippen molar-refractivity contribution in [2.75, 3.05) is 11.9 Å². The van der Waals surface area contributed by atoms with Crippen LogP contribution >= 0.6 is 11.3 Å². The molecule has 0 radical (unpaired) electrons. The molecular weight excluding hydrogens is 416 g/mol. The highest BCUT2D eigenvalue weighted by Gasteiger charge is 2.27. The lowest BCUT2D eigenvalue weighted by molar-refractivity contribution is -0.123. The van der Waals surface area contributed by atoms with Gasteiger partial charge in [-0.3, -0.25) is 9.78 Å². The first-order valence-electron chi connectivity index (χ1n) is 9.98. The molecule has 0 aliphatic rings. The highest BCUT2D eigenvalue weighted by atomic mass is 32.1. The van der Waals surface area contributed by atoms with E-state index in [1.54, 1.807) is 18.5 Å². The van der Waals surface area contributed by atoms with Gasteiger partial charge >= 0.3 is 5.97 Å². The number of carbonyl (C=O) groups is 2. The maximum Gasteiger partial charge on any atom is 0.341 e. The van der Waals surface area contributed by atoms with Gasteiger partial charge in [-0.25, -0.2) is 4.79 Å². The van der Waals surface area contributed by atoms with E-state index < -0.39 is 11.4 Å². The molecule has 3 rings (SSSR count). The van der Waals surface area contributed by atoms with Crippen molar-refractivity contribution >= 4 is 28.2 Å². The predicted octanol–water partition coefficient (Wildman–Crippen LogP) is 4.58. The Morgan fingerprint density at radius 1 is 1.26 bits per heavy atom. The Morgan fingerprint density at radius 2 is 2.03 bits per heavy atom. The van der Waals surface area contributed by atoms with Crippen LogP contribution in [0.3, 0.4) is 0 Å². The van der Waals surface area contributed by atoms with Crippen molar-refractivity contribution in [3.05, 3.63) is 46.4 Å². The van der Waals surface area contributed by atoms with Gasteiger partial charge in [-0.15, -0.1) is 11.3 Å². The summed E-state index contributed by atoms with van der Waals surface area (Å²) in [7, 11) is 0. The molecule has 0 spiro atoms. The predicted molar refractivity (Wildman–Crippen MR) is 118 cm³/mol. The first kappa shape index (κ1) is 22.6. The van der Waals surface area contributed by atoms with E-state index in [2.05, 4.69) is 20.4 Å². The van der Waals surface area contributed by atoms with Gasteiger partial charge in [0.25, 0.3) is 0 Å². The molecule has 164 valence electrons. The lowest BCUT2D eigenvalue weighted by Gasteiger charge is -2.17. The SMILES string of the molecule is Cc1sc(NC(=O)C(C)(C)C)c(C(=O)OCCCc2nc(-c3cccnc3)no2)c1C. The number of thiophene rings is 1. The second-order valence-electron chi connectivity index (χ2n) is 8.18. The minimum absolute atomic E-state index is 0.149.